The van der Waals surface area contributed by atoms with Gasteiger partial charge in [0.2, 0.25) is 0 Å². The Balaban J connectivity index is 2.24. The lowest BCUT2D eigenvalue weighted by molar-refractivity contribution is -0.141. The highest BCUT2D eigenvalue weighted by atomic mass is 16.4. The molecule has 2 aromatic rings. The Morgan fingerprint density at radius 2 is 2.47 bits per heavy atom. The summed E-state index contributed by atoms with van der Waals surface area (Å²) in [6, 6.07) is 3.70. The van der Waals surface area contributed by atoms with Crippen molar-refractivity contribution in [3.8, 4) is 0 Å². The summed E-state index contributed by atoms with van der Waals surface area (Å²) in [5.41, 5.74) is 1.50. The van der Waals surface area contributed by atoms with Gasteiger partial charge in [-0.3, -0.25) is 9.78 Å². The predicted octanol–water partition coefficient (Wildman–Crippen LogP) is 2.09. The monoisotopic (exact) mass is 205 g/mol. The van der Waals surface area contributed by atoms with E-state index in [0.717, 1.165) is 16.7 Å². The van der Waals surface area contributed by atoms with E-state index in [1.807, 2.05) is 12.1 Å². The quantitative estimate of drug-likeness (QED) is 0.833. The standard InChI is InChI=1S/C11H11NO3/c1-7(11(13)14)4-9-5-8-2-3-15-10(8)6-12-9/h2-3,5-7H,4H2,1H3,(H,13,14). The third kappa shape index (κ3) is 1.98. The first-order valence-electron chi connectivity index (χ1n) is 4.72. The van der Waals surface area contributed by atoms with Gasteiger partial charge in [-0.1, -0.05) is 6.92 Å². The van der Waals surface area contributed by atoms with E-state index in [1.165, 1.54) is 0 Å². The molecule has 0 bridgehead atoms. The van der Waals surface area contributed by atoms with Gasteiger partial charge in [-0.2, -0.15) is 0 Å². The fraction of sp³-hybridized carbons (Fsp3) is 0.273. The molecule has 0 radical (unpaired) electrons. The smallest absolute Gasteiger partial charge is 0.306 e. The summed E-state index contributed by atoms with van der Waals surface area (Å²) in [5.74, 6) is -1.22. The number of pyridine rings is 1. The molecule has 0 spiro atoms. The van der Waals surface area contributed by atoms with Crippen LogP contribution < -0.4 is 0 Å². The summed E-state index contributed by atoms with van der Waals surface area (Å²) in [6.45, 7) is 1.67. The third-order valence-corrected chi connectivity index (χ3v) is 2.33. The first-order chi connectivity index (χ1) is 7.16. The van der Waals surface area contributed by atoms with Crippen molar-refractivity contribution in [3.05, 3.63) is 30.3 Å². The van der Waals surface area contributed by atoms with E-state index in [2.05, 4.69) is 4.98 Å². The minimum Gasteiger partial charge on any atom is -0.481 e. The minimum atomic E-state index is -0.802. The Morgan fingerprint density at radius 1 is 1.67 bits per heavy atom. The maximum Gasteiger partial charge on any atom is 0.306 e. The van der Waals surface area contributed by atoms with Crippen molar-refractivity contribution >= 4 is 16.9 Å². The molecule has 0 saturated carbocycles. The summed E-state index contributed by atoms with van der Waals surface area (Å²) in [5, 5.41) is 9.73. The zero-order chi connectivity index (χ0) is 10.8. The molecule has 0 saturated heterocycles. The molecule has 4 heteroatoms. The normalized spacial score (nSPS) is 12.9. The molecule has 0 aliphatic carbocycles. The molecule has 2 rings (SSSR count). The number of aliphatic carboxylic acids is 1. The number of carbonyl (C=O) groups is 1. The van der Waals surface area contributed by atoms with Crippen molar-refractivity contribution < 1.29 is 14.3 Å². The molecular weight excluding hydrogens is 194 g/mol. The van der Waals surface area contributed by atoms with E-state index in [-0.39, 0.29) is 0 Å². The van der Waals surface area contributed by atoms with Gasteiger partial charge in [0, 0.05) is 17.5 Å². The number of rotatable bonds is 3. The first kappa shape index (κ1) is 9.71. The second-order valence-corrected chi connectivity index (χ2v) is 3.58. The fourth-order valence-corrected chi connectivity index (χ4v) is 1.43. The minimum absolute atomic E-state index is 0.415. The van der Waals surface area contributed by atoms with E-state index >= 15 is 0 Å². The molecule has 0 aromatic carbocycles. The Labute approximate surface area is 86.5 Å². The average Bonchev–Trinajstić information content (AvgIpc) is 2.64. The molecule has 4 nitrogen and oxygen atoms in total. The molecular formula is C11H11NO3. The van der Waals surface area contributed by atoms with Crippen LogP contribution in [0.25, 0.3) is 11.0 Å². The van der Waals surface area contributed by atoms with Crippen molar-refractivity contribution in [2.24, 2.45) is 5.92 Å². The fourth-order valence-electron chi connectivity index (χ4n) is 1.43. The molecule has 0 aliphatic heterocycles. The number of hydrogen-bond acceptors (Lipinski definition) is 3. The second kappa shape index (κ2) is 3.73. The lowest BCUT2D eigenvalue weighted by Crippen LogP contribution is -2.12. The Morgan fingerprint density at radius 3 is 3.20 bits per heavy atom. The molecule has 0 fully saturated rings. The number of nitrogens with zero attached hydrogens (tertiary/aromatic N) is 1. The van der Waals surface area contributed by atoms with E-state index < -0.39 is 11.9 Å². The summed E-state index contributed by atoms with van der Waals surface area (Å²) >= 11 is 0. The Kier molecular flexibility index (Phi) is 2.41. The zero-order valence-electron chi connectivity index (χ0n) is 8.30. The van der Waals surface area contributed by atoms with Gasteiger partial charge in [0.05, 0.1) is 18.4 Å². The number of carboxylic acid groups (broad SMARTS) is 1. The number of aromatic nitrogens is 1. The highest BCUT2D eigenvalue weighted by Gasteiger charge is 2.12. The zero-order valence-corrected chi connectivity index (χ0v) is 8.30. The van der Waals surface area contributed by atoms with Crippen LogP contribution in [-0.2, 0) is 11.2 Å². The van der Waals surface area contributed by atoms with Crippen LogP contribution in [0.5, 0.6) is 0 Å². The topological polar surface area (TPSA) is 63.3 Å². The Hall–Kier alpha value is -1.84. The number of hydrogen-bond donors (Lipinski definition) is 1. The van der Waals surface area contributed by atoms with Crippen molar-refractivity contribution in [3.63, 3.8) is 0 Å². The summed E-state index contributed by atoms with van der Waals surface area (Å²) in [7, 11) is 0. The maximum atomic E-state index is 10.7. The van der Waals surface area contributed by atoms with Crippen LogP contribution in [-0.4, -0.2) is 16.1 Å². The van der Waals surface area contributed by atoms with Crippen molar-refractivity contribution in [2.45, 2.75) is 13.3 Å². The lowest BCUT2D eigenvalue weighted by Gasteiger charge is -2.04. The van der Waals surface area contributed by atoms with Crippen LogP contribution in [0.4, 0.5) is 0 Å². The van der Waals surface area contributed by atoms with Crippen molar-refractivity contribution in [1.82, 2.24) is 4.98 Å². The van der Waals surface area contributed by atoms with Gasteiger partial charge in [0.15, 0.2) is 5.58 Å². The molecule has 2 aromatic heterocycles. The molecule has 0 aliphatic rings. The van der Waals surface area contributed by atoms with Gasteiger partial charge < -0.3 is 9.52 Å². The average molecular weight is 205 g/mol. The van der Waals surface area contributed by atoms with Gasteiger partial charge in [-0.25, -0.2) is 0 Å². The maximum absolute atomic E-state index is 10.7. The van der Waals surface area contributed by atoms with E-state index in [1.54, 1.807) is 19.4 Å². The SMILES string of the molecule is CC(Cc1cc2ccoc2cn1)C(=O)O. The van der Waals surface area contributed by atoms with E-state index in [0.29, 0.717) is 6.42 Å². The lowest BCUT2D eigenvalue weighted by atomic mass is 10.1. The molecule has 15 heavy (non-hydrogen) atoms. The van der Waals surface area contributed by atoms with Crippen molar-refractivity contribution in [1.29, 1.82) is 0 Å². The van der Waals surface area contributed by atoms with Crippen LogP contribution in [0.2, 0.25) is 0 Å². The molecule has 1 unspecified atom stereocenters. The molecule has 78 valence electrons. The van der Waals surface area contributed by atoms with E-state index in [4.69, 9.17) is 9.52 Å². The van der Waals surface area contributed by atoms with Gasteiger partial charge in [-0.05, 0) is 12.1 Å². The molecule has 1 atom stereocenters. The number of fused-ring (bicyclic) bond motifs is 1. The molecule has 0 amide bonds. The summed E-state index contributed by atoms with van der Waals surface area (Å²) in [4.78, 5) is 14.8. The molecule has 1 N–H and O–H groups in total. The highest BCUT2D eigenvalue weighted by molar-refractivity contribution is 5.76. The summed E-state index contributed by atoms with van der Waals surface area (Å²) in [6.07, 6.45) is 3.66. The van der Waals surface area contributed by atoms with Gasteiger partial charge in [-0.15, -0.1) is 0 Å². The predicted molar refractivity (Wildman–Crippen MR) is 54.5 cm³/mol. The van der Waals surface area contributed by atoms with Crippen LogP contribution in [0.1, 0.15) is 12.6 Å². The largest absolute Gasteiger partial charge is 0.481 e. The van der Waals surface area contributed by atoms with Crippen molar-refractivity contribution in [2.75, 3.05) is 0 Å². The van der Waals surface area contributed by atoms with Gasteiger partial charge in [0.25, 0.3) is 0 Å². The van der Waals surface area contributed by atoms with Crippen LogP contribution in [0.15, 0.2) is 29.0 Å². The number of carboxylic acids is 1. The van der Waals surface area contributed by atoms with E-state index in [9.17, 15) is 4.79 Å². The second-order valence-electron chi connectivity index (χ2n) is 3.58. The van der Waals surface area contributed by atoms with Crippen LogP contribution in [0, 0.1) is 5.92 Å². The van der Waals surface area contributed by atoms with Gasteiger partial charge >= 0.3 is 5.97 Å². The molecule has 2 heterocycles. The van der Waals surface area contributed by atoms with Crippen LogP contribution in [0.3, 0.4) is 0 Å². The number of furan rings is 1. The third-order valence-electron chi connectivity index (χ3n) is 2.33. The highest BCUT2D eigenvalue weighted by Crippen LogP contribution is 2.16. The van der Waals surface area contributed by atoms with Gasteiger partial charge in [0.1, 0.15) is 0 Å². The van der Waals surface area contributed by atoms with Crippen LogP contribution >= 0.6 is 0 Å². The Bertz CT molecular complexity index is 489. The first-order valence-corrected chi connectivity index (χ1v) is 4.72. The summed E-state index contributed by atoms with van der Waals surface area (Å²) < 4.78 is 5.15.